The SMILES string of the molecule is Nc1nc2nc(C3CC3)nc(N)c2[nH]1. The number of aromatic amines is 1. The van der Waals surface area contributed by atoms with E-state index in [1.807, 2.05) is 0 Å². The summed E-state index contributed by atoms with van der Waals surface area (Å²) >= 11 is 0. The summed E-state index contributed by atoms with van der Waals surface area (Å²) in [6.07, 6.45) is 2.29. The molecule has 1 aliphatic rings. The zero-order valence-corrected chi connectivity index (χ0v) is 7.49. The number of aromatic nitrogens is 4. The third kappa shape index (κ3) is 1.00. The molecule has 0 bridgehead atoms. The molecule has 14 heavy (non-hydrogen) atoms. The zero-order valence-electron chi connectivity index (χ0n) is 7.49. The van der Waals surface area contributed by atoms with Gasteiger partial charge < -0.3 is 16.5 Å². The molecule has 0 amide bonds. The highest BCUT2D eigenvalue weighted by atomic mass is 15.1. The highest BCUT2D eigenvalue weighted by molar-refractivity contribution is 5.83. The Morgan fingerprint density at radius 1 is 1.14 bits per heavy atom. The van der Waals surface area contributed by atoms with Crippen molar-refractivity contribution >= 4 is 22.9 Å². The summed E-state index contributed by atoms with van der Waals surface area (Å²) in [4.78, 5) is 15.4. The lowest BCUT2D eigenvalue weighted by molar-refractivity contribution is 0.947. The standard InChI is InChI=1S/C8H10N6/c9-5-4-7(14-8(10)11-4)13-6(12-5)3-1-2-3/h3H,1-2H2,(H5,9,10,11,12,13,14). The van der Waals surface area contributed by atoms with Crippen LogP contribution in [0.4, 0.5) is 11.8 Å². The number of fused-ring (bicyclic) bond motifs is 1. The van der Waals surface area contributed by atoms with Crippen molar-refractivity contribution in [1.29, 1.82) is 0 Å². The van der Waals surface area contributed by atoms with Gasteiger partial charge in [-0.2, -0.15) is 4.98 Å². The smallest absolute Gasteiger partial charge is 0.200 e. The molecule has 0 radical (unpaired) electrons. The van der Waals surface area contributed by atoms with Gasteiger partial charge in [-0.25, -0.2) is 9.97 Å². The van der Waals surface area contributed by atoms with Crippen molar-refractivity contribution in [3.05, 3.63) is 5.82 Å². The summed E-state index contributed by atoms with van der Waals surface area (Å²) < 4.78 is 0. The number of nitrogen functional groups attached to an aromatic ring is 2. The van der Waals surface area contributed by atoms with Crippen LogP contribution in [0.15, 0.2) is 0 Å². The number of nitrogens with two attached hydrogens (primary N) is 2. The lowest BCUT2D eigenvalue weighted by atomic mass is 10.4. The zero-order chi connectivity index (χ0) is 9.71. The first-order valence-corrected chi connectivity index (χ1v) is 4.52. The molecule has 2 aromatic heterocycles. The number of anilines is 2. The molecule has 0 spiro atoms. The summed E-state index contributed by atoms with van der Waals surface area (Å²) in [7, 11) is 0. The van der Waals surface area contributed by atoms with Gasteiger partial charge in [-0.15, -0.1) is 0 Å². The Balaban J connectivity index is 2.26. The fraction of sp³-hybridized carbons (Fsp3) is 0.375. The molecule has 6 nitrogen and oxygen atoms in total. The van der Waals surface area contributed by atoms with Crippen LogP contribution >= 0.6 is 0 Å². The minimum atomic E-state index is 0.328. The molecule has 0 aliphatic heterocycles. The van der Waals surface area contributed by atoms with Crippen LogP contribution in [0.3, 0.4) is 0 Å². The quantitative estimate of drug-likeness (QED) is 0.603. The van der Waals surface area contributed by atoms with Crippen molar-refractivity contribution in [3.8, 4) is 0 Å². The normalized spacial score (nSPS) is 16.3. The van der Waals surface area contributed by atoms with E-state index in [-0.39, 0.29) is 0 Å². The van der Waals surface area contributed by atoms with Gasteiger partial charge in [-0.1, -0.05) is 0 Å². The van der Waals surface area contributed by atoms with E-state index in [4.69, 9.17) is 11.5 Å². The van der Waals surface area contributed by atoms with Crippen LogP contribution < -0.4 is 11.5 Å². The second-order valence-corrected chi connectivity index (χ2v) is 3.56. The second-order valence-electron chi connectivity index (χ2n) is 3.56. The molecule has 1 aliphatic carbocycles. The van der Waals surface area contributed by atoms with E-state index in [2.05, 4.69) is 19.9 Å². The first-order chi connectivity index (χ1) is 6.74. The van der Waals surface area contributed by atoms with E-state index < -0.39 is 0 Å². The number of nitrogens with zero attached hydrogens (tertiary/aromatic N) is 3. The first-order valence-electron chi connectivity index (χ1n) is 4.52. The molecule has 5 N–H and O–H groups in total. The number of hydrogen-bond acceptors (Lipinski definition) is 5. The molecule has 0 aromatic carbocycles. The summed E-state index contributed by atoms with van der Waals surface area (Å²) in [5.74, 6) is 2.02. The van der Waals surface area contributed by atoms with Crippen molar-refractivity contribution < 1.29 is 0 Å². The van der Waals surface area contributed by atoms with Gasteiger partial charge in [0.2, 0.25) is 0 Å². The fourth-order valence-electron chi connectivity index (χ4n) is 1.48. The maximum Gasteiger partial charge on any atom is 0.200 e. The lowest BCUT2D eigenvalue weighted by Gasteiger charge is -1.98. The summed E-state index contributed by atoms with van der Waals surface area (Å²) in [6.45, 7) is 0. The monoisotopic (exact) mass is 190 g/mol. The van der Waals surface area contributed by atoms with Gasteiger partial charge >= 0.3 is 0 Å². The maximum absolute atomic E-state index is 5.76. The molecule has 0 unspecified atom stereocenters. The summed E-state index contributed by atoms with van der Waals surface area (Å²) in [5.41, 5.74) is 12.5. The van der Waals surface area contributed by atoms with Gasteiger partial charge in [0.1, 0.15) is 11.3 Å². The Hall–Kier alpha value is -1.85. The van der Waals surface area contributed by atoms with E-state index in [1.165, 1.54) is 0 Å². The van der Waals surface area contributed by atoms with E-state index in [1.54, 1.807) is 0 Å². The molecule has 1 saturated carbocycles. The Kier molecular flexibility index (Phi) is 1.26. The number of H-pyrrole nitrogens is 1. The van der Waals surface area contributed by atoms with Crippen molar-refractivity contribution in [2.24, 2.45) is 0 Å². The Morgan fingerprint density at radius 3 is 2.64 bits per heavy atom. The Labute approximate surface area is 79.7 Å². The van der Waals surface area contributed by atoms with Crippen molar-refractivity contribution in [3.63, 3.8) is 0 Å². The first kappa shape index (κ1) is 7.54. The van der Waals surface area contributed by atoms with E-state index in [0.717, 1.165) is 18.7 Å². The molecule has 0 saturated heterocycles. The van der Waals surface area contributed by atoms with Crippen LogP contribution in [0.25, 0.3) is 11.2 Å². The van der Waals surface area contributed by atoms with Gasteiger partial charge in [-0.3, -0.25) is 0 Å². The average Bonchev–Trinajstić information content (AvgIpc) is 2.89. The number of imidazole rings is 1. The van der Waals surface area contributed by atoms with Crippen LogP contribution in [0.5, 0.6) is 0 Å². The number of hydrogen-bond donors (Lipinski definition) is 3. The van der Waals surface area contributed by atoms with Crippen LogP contribution in [-0.2, 0) is 0 Å². The molecule has 72 valence electrons. The van der Waals surface area contributed by atoms with Gasteiger partial charge in [0.25, 0.3) is 0 Å². The minimum absolute atomic E-state index is 0.328. The molecular weight excluding hydrogens is 180 g/mol. The predicted octanol–water partition coefficient (Wildman–Crippen LogP) is 0.395. The molecule has 0 atom stereocenters. The van der Waals surface area contributed by atoms with Gasteiger partial charge in [0, 0.05) is 5.92 Å². The van der Waals surface area contributed by atoms with Gasteiger partial charge in [0.15, 0.2) is 17.4 Å². The second kappa shape index (κ2) is 2.34. The minimum Gasteiger partial charge on any atom is -0.382 e. The van der Waals surface area contributed by atoms with Crippen LogP contribution in [0, 0.1) is 0 Å². The summed E-state index contributed by atoms with van der Waals surface area (Å²) in [5, 5.41) is 0. The van der Waals surface area contributed by atoms with Crippen LogP contribution in [-0.4, -0.2) is 19.9 Å². The fourth-order valence-corrected chi connectivity index (χ4v) is 1.48. The van der Waals surface area contributed by atoms with Crippen LogP contribution in [0.1, 0.15) is 24.6 Å². The summed E-state index contributed by atoms with van der Waals surface area (Å²) in [6, 6.07) is 0. The largest absolute Gasteiger partial charge is 0.382 e. The van der Waals surface area contributed by atoms with Gasteiger partial charge in [0.05, 0.1) is 0 Å². The topological polar surface area (TPSA) is 106 Å². The third-order valence-electron chi connectivity index (χ3n) is 2.36. The van der Waals surface area contributed by atoms with Crippen molar-refractivity contribution in [2.75, 3.05) is 11.5 Å². The molecule has 2 aromatic rings. The molecule has 2 heterocycles. The number of nitrogens with one attached hydrogen (secondary N) is 1. The molecular formula is C8H10N6. The highest BCUT2D eigenvalue weighted by Crippen LogP contribution is 2.38. The van der Waals surface area contributed by atoms with Gasteiger partial charge in [-0.05, 0) is 12.8 Å². The molecule has 3 rings (SSSR count). The molecule has 1 fully saturated rings. The predicted molar refractivity (Wildman–Crippen MR) is 52.5 cm³/mol. The van der Waals surface area contributed by atoms with Crippen molar-refractivity contribution in [2.45, 2.75) is 18.8 Å². The Bertz CT molecular complexity index is 498. The third-order valence-corrected chi connectivity index (χ3v) is 2.36. The highest BCUT2D eigenvalue weighted by Gasteiger charge is 2.27. The average molecular weight is 190 g/mol. The van der Waals surface area contributed by atoms with E-state index in [9.17, 15) is 0 Å². The van der Waals surface area contributed by atoms with Crippen LogP contribution in [0.2, 0.25) is 0 Å². The van der Waals surface area contributed by atoms with E-state index >= 15 is 0 Å². The maximum atomic E-state index is 5.76. The Morgan fingerprint density at radius 2 is 1.93 bits per heavy atom. The van der Waals surface area contributed by atoms with Crippen molar-refractivity contribution in [1.82, 2.24) is 19.9 Å². The van der Waals surface area contributed by atoms with E-state index in [0.29, 0.717) is 28.8 Å². The number of rotatable bonds is 1. The molecule has 6 heteroatoms. The lowest BCUT2D eigenvalue weighted by Crippen LogP contribution is -1.99.